The zero-order chi connectivity index (χ0) is 25.7. The molecule has 2 aliphatic rings. The van der Waals surface area contributed by atoms with Crippen molar-refractivity contribution in [3.63, 3.8) is 0 Å². The lowest BCUT2D eigenvalue weighted by Gasteiger charge is -2.29. The predicted molar refractivity (Wildman–Crippen MR) is 134 cm³/mol. The average molecular weight is 499 g/mol. The van der Waals surface area contributed by atoms with Crippen LogP contribution in [0.3, 0.4) is 0 Å². The van der Waals surface area contributed by atoms with E-state index in [0.717, 1.165) is 61.8 Å². The lowest BCUT2D eigenvalue weighted by atomic mass is 9.87. The molecular formula is C28H38N2O6. The fraction of sp³-hybridized carbons (Fsp3) is 0.607. The zero-order valence-electron chi connectivity index (χ0n) is 21.8. The van der Waals surface area contributed by atoms with Gasteiger partial charge in [-0.25, -0.2) is 4.79 Å². The Labute approximate surface area is 213 Å². The van der Waals surface area contributed by atoms with Crippen LogP contribution in [-0.2, 0) is 20.9 Å². The van der Waals surface area contributed by atoms with Crippen LogP contribution in [0.1, 0.15) is 76.5 Å². The minimum Gasteiger partial charge on any atom is -0.490 e. The fourth-order valence-corrected chi connectivity index (χ4v) is 5.13. The normalized spacial score (nSPS) is 20.4. The first-order chi connectivity index (χ1) is 17.3. The van der Waals surface area contributed by atoms with Crippen molar-refractivity contribution >= 4 is 12.1 Å². The van der Waals surface area contributed by atoms with Crippen LogP contribution in [0.15, 0.2) is 28.8 Å². The number of hydrogen-bond donors (Lipinski definition) is 0. The lowest BCUT2D eigenvalue weighted by Crippen LogP contribution is -2.35. The summed E-state index contributed by atoms with van der Waals surface area (Å²) in [5.74, 6) is 1.09. The van der Waals surface area contributed by atoms with Gasteiger partial charge >= 0.3 is 12.1 Å². The third kappa shape index (κ3) is 6.39. The number of amides is 1. The molecule has 0 unspecified atom stereocenters. The fourth-order valence-electron chi connectivity index (χ4n) is 5.13. The summed E-state index contributed by atoms with van der Waals surface area (Å²) < 4.78 is 22.8. The maximum absolute atomic E-state index is 12.5. The molecule has 2 fully saturated rings. The number of nitrogens with zero attached hydrogens (tertiary/aromatic N) is 2. The molecule has 2 aliphatic carbocycles. The van der Waals surface area contributed by atoms with Crippen LogP contribution < -0.4 is 4.74 Å². The average Bonchev–Trinajstić information content (AvgIpc) is 3.52. The molecule has 2 atom stereocenters. The van der Waals surface area contributed by atoms with Crippen LogP contribution in [0, 0.1) is 12.8 Å². The van der Waals surface area contributed by atoms with E-state index < -0.39 is 0 Å². The highest BCUT2D eigenvalue weighted by Gasteiger charge is 2.30. The van der Waals surface area contributed by atoms with Crippen molar-refractivity contribution in [3.8, 4) is 17.1 Å². The molecule has 0 bridgehead atoms. The van der Waals surface area contributed by atoms with E-state index in [4.69, 9.17) is 18.7 Å². The van der Waals surface area contributed by atoms with Gasteiger partial charge in [0.15, 0.2) is 5.76 Å². The third-order valence-corrected chi connectivity index (χ3v) is 7.22. The summed E-state index contributed by atoms with van der Waals surface area (Å²) in [7, 11) is 1.81. The largest absolute Gasteiger partial charge is 0.490 e. The number of hydrogen-bond acceptors (Lipinski definition) is 7. The second-order valence-electron chi connectivity index (χ2n) is 10.3. The Morgan fingerprint density at radius 3 is 2.50 bits per heavy atom. The van der Waals surface area contributed by atoms with Crippen LogP contribution in [0.25, 0.3) is 11.3 Å². The van der Waals surface area contributed by atoms with E-state index in [0.29, 0.717) is 17.9 Å². The lowest BCUT2D eigenvalue weighted by molar-refractivity contribution is -0.154. The van der Waals surface area contributed by atoms with Crippen molar-refractivity contribution in [2.45, 2.75) is 97.0 Å². The molecule has 1 aromatic heterocycles. The van der Waals surface area contributed by atoms with Crippen LogP contribution in [0.2, 0.25) is 0 Å². The van der Waals surface area contributed by atoms with Crippen molar-refractivity contribution in [1.29, 1.82) is 0 Å². The highest BCUT2D eigenvalue weighted by atomic mass is 16.6. The van der Waals surface area contributed by atoms with E-state index in [9.17, 15) is 9.59 Å². The van der Waals surface area contributed by atoms with E-state index in [-0.39, 0.29) is 42.8 Å². The Hall–Kier alpha value is -3.03. The van der Waals surface area contributed by atoms with Crippen LogP contribution in [0.4, 0.5) is 4.79 Å². The van der Waals surface area contributed by atoms with Crippen molar-refractivity contribution in [2.24, 2.45) is 5.92 Å². The Morgan fingerprint density at radius 1 is 1.08 bits per heavy atom. The molecule has 0 saturated heterocycles. The van der Waals surface area contributed by atoms with Gasteiger partial charge in [-0.1, -0.05) is 18.0 Å². The smallest absolute Gasteiger partial charge is 0.410 e. The SMILES string of the molecule is Cc1noc(-c2ccc(O[C@H]3CCC[C@H](C(=O)OC(C)C)C3)cc2)c1COC(=O)N(C)C1CCCC1. The van der Waals surface area contributed by atoms with Crippen LogP contribution in [-0.4, -0.2) is 47.4 Å². The maximum atomic E-state index is 12.5. The molecule has 2 saturated carbocycles. The van der Waals surface area contributed by atoms with Crippen molar-refractivity contribution in [3.05, 3.63) is 35.5 Å². The summed E-state index contributed by atoms with van der Waals surface area (Å²) in [6.07, 6.45) is 7.29. The Balaban J connectivity index is 1.35. The van der Waals surface area contributed by atoms with E-state index in [1.807, 2.05) is 45.0 Å². The molecule has 0 spiro atoms. The predicted octanol–water partition coefficient (Wildman–Crippen LogP) is 6.05. The number of esters is 1. The highest BCUT2D eigenvalue weighted by Crippen LogP contribution is 2.32. The third-order valence-electron chi connectivity index (χ3n) is 7.22. The topological polar surface area (TPSA) is 91.1 Å². The minimum absolute atomic E-state index is 0.0198. The van der Waals surface area contributed by atoms with Gasteiger partial charge in [-0.15, -0.1) is 0 Å². The Morgan fingerprint density at radius 2 is 1.81 bits per heavy atom. The first kappa shape index (κ1) is 26.0. The number of benzene rings is 1. The molecule has 1 aromatic carbocycles. The zero-order valence-corrected chi connectivity index (χ0v) is 21.8. The molecule has 2 aromatic rings. The number of aryl methyl sites for hydroxylation is 1. The quantitative estimate of drug-likeness (QED) is 0.409. The van der Waals surface area contributed by atoms with E-state index in [2.05, 4.69) is 5.16 Å². The van der Waals surface area contributed by atoms with Gasteiger partial charge in [0.1, 0.15) is 12.4 Å². The number of aromatic nitrogens is 1. The molecule has 196 valence electrons. The summed E-state index contributed by atoms with van der Waals surface area (Å²) >= 11 is 0. The second kappa shape index (κ2) is 11.8. The van der Waals surface area contributed by atoms with E-state index in [1.165, 1.54) is 0 Å². The van der Waals surface area contributed by atoms with Crippen molar-refractivity contribution < 1.29 is 28.3 Å². The number of carbonyl (C=O) groups excluding carboxylic acids is 2. The number of ether oxygens (including phenoxy) is 3. The summed E-state index contributed by atoms with van der Waals surface area (Å²) in [4.78, 5) is 26.6. The van der Waals surface area contributed by atoms with Gasteiger partial charge in [0.05, 0.1) is 29.4 Å². The molecular weight excluding hydrogens is 460 g/mol. The minimum atomic E-state index is -0.319. The summed E-state index contributed by atoms with van der Waals surface area (Å²) in [5, 5.41) is 4.10. The molecule has 8 nitrogen and oxygen atoms in total. The van der Waals surface area contributed by atoms with E-state index in [1.54, 1.807) is 11.9 Å². The molecule has 36 heavy (non-hydrogen) atoms. The summed E-state index contributed by atoms with van der Waals surface area (Å²) in [5.41, 5.74) is 2.29. The van der Waals surface area contributed by atoms with Gasteiger partial charge < -0.3 is 23.6 Å². The number of rotatable bonds is 8. The molecule has 1 amide bonds. The van der Waals surface area contributed by atoms with Crippen molar-refractivity contribution in [2.75, 3.05) is 7.05 Å². The number of carbonyl (C=O) groups is 2. The molecule has 4 rings (SSSR count). The summed E-state index contributed by atoms with van der Waals surface area (Å²) in [6.45, 7) is 5.69. The maximum Gasteiger partial charge on any atom is 0.410 e. The highest BCUT2D eigenvalue weighted by molar-refractivity contribution is 5.72. The Bertz CT molecular complexity index is 1030. The molecule has 0 aliphatic heterocycles. The van der Waals surface area contributed by atoms with Crippen molar-refractivity contribution in [1.82, 2.24) is 10.1 Å². The summed E-state index contributed by atoms with van der Waals surface area (Å²) in [6, 6.07) is 7.88. The van der Waals surface area contributed by atoms with Gasteiger partial charge in [0.2, 0.25) is 0 Å². The monoisotopic (exact) mass is 498 g/mol. The first-order valence-corrected chi connectivity index (χ1v) is 13.1. The standard InChI is InChI=1S/C28H38N2O6/c1-18(2)34-27(31)21-8-7-11-24(16-21)35-23-14-12-20(13-15-23)26-25(19(3)29-36-26)17-33-28(32)30(4)22-9-5-6-10-22/h12-15,18,21-22,24H,5-11,16-17H2,1-4H3/t21-,24-/m0/s1. The molecule has 0 N–H and O–H groups in total. The molecule has 1 heterocycles. The van der Waals surface area contributed by atoms with Gasteiger partial charge in [0.25, 0.3) is 0 Å². The van der Waals surface area contributed by atoms with Crippen LogP contribution in [0.5, 0.6) is 5.75 Å². The van der Waals surface area contributed by atoms with E-state index >= 15 is 0 Å². The van der Waals surface area contributed by atoms with Gasteiger partial charge in [-0.2, -0.15) is 0 Å². The van der Waals surface area contributed by atoms with Gasteiger partial charge in [0, 0.05) is 18.7 Å². The molecule has 0 radical (unpaired) electrons. The first-order valence-electron chi connectivity index (χ1n) is 13.1. The Kier molecular flexibility index (Phi) is 8.54. The molecule has 8 heteroatoms. The second-order valence-corrected chi connectivity index (χ2v) is 10.3. The van der Waals surface area contributed by atoms with Gasteiger partial charge in [-0.3, -0.25) is 4.79 Å². The van der Waals surface area contributed by atoms with Gasteiger partial charge in [-0.05, 0) is 83.6 Å². The van der Waals surface area contributed by atoms with Crippen LogP contribution >= 0.6 is 0 Å².